The summed E-state index contributed by atoms with van der Waals surface area (Å²) in [6.45, 7) is 14.8. The number of fused-ring (bicyclic) bond motifs is 4. The maximum Gasteiger partial charge on any atom is 0.0880 e. The molecule has 2 aromatic heterocycles. The zero-order valence-corrected chi connectivity index (χ0v) is 26.1. The van der Waals surface area contributed by atoms with Gasteiger partial charge in [0.25, 0.3) is 0 Å². The molecular formula is C33H39NSSi2. The summed E-state index contributed by atoms with van der Waals surface area (Å²) in [7, 11) is -3.13. The molecule has 3 aromatic carbocycles. The van der Waals surface area contributed by atoms with E-state index in [4.69, 9.17) is 4.98 Å². The summed E-state index contributed by atoms with van der Waals surface area (Å²) in [6.07, 6.45) is 9.09. The molecule has 0 N–H and O–H groups in total. The molecule has 0 unspecified atom stereocenters. The highest BCUT2D eigenvalue weighted by molar-refractivity contribution is 7.26. The summed E-state index contributed by atoms with van der Waals surface area (Å²) >= 11 is 1.98. The van der Waals surface area contributed by atoms with Gasteiger partial charge in [0, 0.05) is 27.2 Å². The molecule has 0 amide bonds. The Kier molecular flexibility index (Phi) is 6.21. The fourth-order valence-electron chi connectivity index (χ4n) is 6.33. The summed E-state index contributed by atoms with van der Waals surface area (Å²) in [5.41, 5.74) is 4.00. The van der Waals surface area contributed by atoms with Crippen molar-refractivity contribution in [1.82, 2.24) is 4.98 Å². The summed E-state index contributed by atoms with van der Waals surface area (Å²) in [4.78, 5) is 5.24. The van der Waals surface area contributed by atoms with Gasteiger partial charge in [-0.15, -0.1) is 11.3 Å². The predicted octanol–water partition coefficient (Wildman–Crippen LogP) is 9.41. The average molecular weight is 538 g/mol. The maximum absolute atomic E-state index is 5.24. The fourth-order valence-corrected chi connectivity index (χ4v) is 10.8. The van der Waals surface area contributed by atoms with Crippen LogP contribution in [0.25, 0.3) is 42.2 Å². The second kappa shape index (κ2) is 9.18. The SMILES string of the molecule is C[Si](C)(C)c1cc(-c2ncc([Si](C)(C)C)c3c2sc2cc(C4CCCCC4)ccc23)cc2ccccc12. The van der Waals surface area contributed by atoms with Crippen molar-refractivity contribution < 1.29 is 0 Å². The molecule has 1 nitrogen and oxygen atoms in total. The van der Waals surface area contributed by atoms with Crippen LogP contribution < -0.4 is 10.4 Å². The van der Waals surface area contributed by atoms with E-state index in [2.05, 4.69) is 100 Å². The van der Waals surface area contributed by atoms with Crippen molar-refractivity contribution in [3.05, 3.63) is 66.4 Å². The van der Waals surface area contributed by atoms with Crippen LogP contribution in [-0.4, -0.2) is 21.1 Å². The molecule has 0 bridgehead atoms. The molecule has 6 rings (SSSR count). The van der Waals surface area contributed by atoms with Crippen molar-refractivity contribution in [3.8, 4) is 11.3 Å². The number of aromatic nitrogens is 1. The molecule has 0 saturated heterocycles. The summed E-state index contributed by atoms with van der Waals surface area (Å²) in [6, 6.07) is 21.2. The fraction of sp³-hybridized carbons (Fsp3) is 0.364. The Morgan fingerprint density at radius 2 is 1.49 bits per heavy atom. The minimum atomic E-state index is -1.58. The molecule has 0 radical (unpaired) electrons. The highest BCUT2D eigenvalue weighted by atomic mass is 32.1. The van der Waals surface area contributed by atoms with Crippen LogP contribution in [0.4, 0.5) is 0 Å². The van der Waals surface area contributed by atoms with E-state index in [-0.39, 0.29) is 0 Å². The second-order valence-electron chi connectivity index (χ2n) is 13.2. The normalized spacial score (nSPS) is 15.7. The Bertz CT molecular complexity index is 1630. The monoisotopic (exact) mass is 537 g/mol. The largest absolute Gasteiger partial charge is 0.255 e. The third-order valence-electron chi connectivity index (χ3n) is 8.35. The van der Waals surface area contributed by atoms with E-state index < -0.39 is 16.1 Å². The van der Waals surface area contributed by atoms with Crippen molar-refractivity contribution >= 4 is 68.8 Å². The number of thiophene rings is 1. The van der Waals surface area contributed by atoms with Crippen LogP contribution in [0.2, 0.25) is 39.3 Å². The lowest BCUT2D eigenvalue weighted by Crippen LogP contribution is -2.38. The first-order chi connectivity index (χ1) is 17.6. The third-order valence-corrected chi connectivity index (χ3v) is 13.5. The molecule has 5 aromatic rings. The minimum absolute atomic E-state index is 0.734. The van der Waals surface area contributed by atoms with E-state index in [0.29, 0.717) is 0 Å². The number of benzene rings is 3. The molecule has 0 spiro atoms. The molecule has 190 valence electrons. The standard InChI is InChI=1S/C33H39NSSi2/c1-36(2,3)29-20-25(18-24-14-10-11-15-26(24)29)32-33-31(30(21-34-32)37(4,5)6)27-17-16-23(19-28(27)35-33)22-12-8-7-9-13-22/h10-11,14-22H,7-9,12-13H2,1-6H3. The van der Waals surface area contributed by atoms with Crippen LogP contribution in [0.15, 0.2) is 60.8 Å². The van der Waals surface area contributed by atoms with E-state index in [1.54, 1.807) is 5.56 Å². The van der Waals surface area contributed by atoms with Crippen molar-refractivity contribution in [3.63, 3.8) is 0 Å². The number of rotatable bonds is 4. The molecule has 2 heterocycles. The molecule has 4 heteroatoms. The van der Waals surface area contributed by atoms with E-state index >= 15 is 0 Å². The first kappa shape index (κ1) is 25.0. The van der Waals surface area contributed by atoms with Crippen LogP contribution in [0.3, 0.4) is 0 Å². The van der Waals surface area contributed by atoms with Gasteiger partial charge in [-0.1, -0.05) is 106 Å². The van der Waals surface area contributed by atoms with E-state index in [9.17, 15) is 0 Å². The van der Waals surface area contributed by atoms with Gasteiger partial charge in [-0.3, -0.25) is 4.98 Å². The van der Waals surface area contributed by atoms with Crippen LogP contribution in [0.1, 0.15) is 43.6 Å². The molecule has 0 atom stereocenters. The second-order valence-corrected chi connectivity index (χ2v) is 24.3. The van der Waals surface area contributed by atoms with Gasteiger partial charge in [0.2, 0.25) is 0 Å². The first-order valence-corrected chi connectivity index (χ1v) is 21.8. The van der Waals surface area contributed by atoms with E-state index in [0.717, 1.165) is 5.92 Å². The van der Waals surface area contributed by atoms with E-state index in [1.807, 2.05) is 11.3 Å². The van der Waals surface area contributed by atoms with Gasteiger partial charge < -0.3 is 0 Å². The lowest BCUT2D eigenvalue weighted by Gasteiger charge is -2.22. The van der Waals surface area contributed by atoms with Gasteiger partial charge >= 0.3 is 0 Å². The highest BCUT2D eigenvalue weighted by Gasteiger charge is 2.26. The third kappa shape index (κ3) is 4.51. The predicted molar refractivity (Wildman–Crippen MR) is 172 cm³/mol. The number of hydrogen-bond acceptors (Lipinski definition) is 2. The number of nitrogens with zero attached hydrogens (tertiary/aromatic N) is 1. The summed E-state index contributed by atoms with van der Waals surface area (Å²) in [5, 5.41) is 8.68. The smallest absolute Gasteiger partial charge is 0.0880 e. The van der Waals surface area contributed by atoms with Crippen LogP contribution in [0, 0.1) is 0 Å². The Morgan fingerprint density at radius 3 is 2.22 bits per heavy atom. The zero-order valence-electron chi connectivity index (χ0n) is 23.2. The van der Waals surface area contributed by atoms with E-state index in [1.165, 1.54) is 84.7 Å². The minimum Gasteiger partial charge on any atom is -0.255 e. The quantitative estimate of drug-likeness (QED) is 0.208. The average Bonchev–Trinajstić information content (AvgIpc) is 3.25. The van der Waals surface area contributed by atoms with Crippen molar-refractivity contribution in [2.24, 2.45) is 0 Å². The molecule has 37 heavy (non-hydrogen) atoms. The first-order valence-electron chi connectivity index (χ1n) is 14.0. The van der Waals surface area contributed by atoms with Gasteiger partial charge in [0.1, 0.15) is 0 Å². The zero-order chi connectivity index (χ0) is 25.9. The van der Waals surface area contributed by atoms with Gasteiger partial charge in [0.15, 0.2) is 0 Å². The van der Waals surface area contributed by atoms with Crippen molar-refractivity contribution in [1.29, 1.82) is 0 Å². The number of pyridine rings is 1. The summed E-state index contributed by atoms with van der Waals surface area (Å²) in [5.74, 6) is 0.734. The van der Waals surface area contributed by atoms with Crippen molar-refractivity contribution in [2.45, 2.75) is 77.3 Å². The van der Waals surface area contributed by atoms with Crippen LogP contribution in [0.5, 0.6) is 0 Å². The molecule has 1 aliphatic rings. The Hall–Kier alpha value is -2.28. The molecule has 1 aliphatic carbocycles. The lowest BCUT2D eigenvalue weighted by atomic mass is 9.84. The van der Waals surface area contributed by atoms with Crippen molar-refractivity contribution in [2.75, 3.05) is 0 Å². The van der Waals surface area contributed by atoms with Crippen LogP contribution in [-0.2, 0) is 0 Å². The Morgan fingerprint density at radius 1 is 0.757 bits per heavy atom. The van der Waals surface area contributed by atoms with Gasteiger partial charge in [-0.2, -0.15) is 0 Å². The Balaban J connectivity index is 1.63. The molecule has 1 fully saturated rings. The van der Waals surface area contributed by atoms with Gasteiger partial charge in [-0.05, 0) is 52.4 Å². The topological polar surface area (TPSA) is 12.9 Å². The molecular weight excluding hydrogens is 499 g/mol. The number of hydrogen-bond donors (Lipinski definition) is 0. The maximum atomic E-state index is 5.24. The highest BCUT2D eigenvalue weighted by Crippen LogP contribution is 2.42. The van der Waals surface area contributed by atoms with Crippen LogP contribution >= 0.6 is 11.3 Å². The molecule has 1 saturated carbocycles. The lowest BCUT2D eigenvalue weighted by molar-refractivity contribution is 0.444. The van der Waals surface area contributed by atoms with Gasteiger partial charge in [-0.25, -0.2) is 0 Å². The van der Waals surface area contributed by atoms with Gasteiger partial charge in [0.05, 0.1) is 26.5 Å². The summed E-state index contributed by atoms with van der Waals surface area (Å²) < 4.78 is 2.82. The Labute approximate surface area is 228 Å². The molecule has 0 aliphatic heterocycles.